The van der Waals surface area contributed by atoms with Crippen LogP contribution in [0.2, 0.25) is 0 Å². The highest BCUT2D eigenvalue weighted by molar-refractivity contribution is 5.95. The van der Waals surface area contributed by atoms with E-state index in [2.05, 4.69) is 0 Å². The fraction of sp³-hybridized carbons (Fsp3) is 0.429. The fourth-order valence-corrected chi connectivity index (χ4v) is 3.78. The van der Waals surface area contributed by atoms with Crippen molar-refractivity contribution in [2.45, 2.75) is 33.1 Å². The Bertz CT molecular complexity index is 879. The highest BCUT2D eigenvalue weighted by atomic mass is 19.1. The third-order valence-electron chi connectivity index (χ3n) is 5.21. The number of hydrogen-bond donors (Lipinski definition) is 0. The molecule has 1 amide bonds. The van der Waals surface area contributed by atoms with E-state index in [0.717, 1.165) is 12.1 Å². The van der Waals surface area contributed by atoms with Crippen molar-refractivity contribution in [2.75, 3.05) is 19.7 Å². The van der Waals surface area contributed by atoms with Gasteiger partial charge >= 0.3 is 5.97 Å². The molecule has 0 bridgehead atoms. The number of carbonyl (C=O) groups excluding carboxylic acids is 2. The van der Waals surface area contributed by atoms with Crippen LogP contribution in [0.4, 0.5) is 8.78 Å². The number of piperidine rings is 1. The number of benzene rings is 1. The summed E-state index contributed by atoms with van der Waals surface area (Å²) >= 11 is 0. The second kappa shape index (κ2) is 8.12. The van der Waals surface area contributed by atoms with Gasteiger partial charge in [0.15, 0.2) is 0 Å². The van der Waals surface area contributed by atoms with Crippen molar-refractivity contribution in [1.82, 2.24) is 4.90 Å². The molecule has 0 N–H and O–H groups in total. The monoisotopic (exact) mass is 391 g/mol. The topological polar surface area (TPSA) is 59.8 Å². The van der Waals surface area contributed by atoms with E-state index in [1.165, 1.54) is 12.3 Å². The summed E-state index contributed by atoms with van der Waals surface area (Å²) in [5.41, 5.74) is -0.420. The summed E-state index contributed by atoms with van der Waals surface area (Å²) in [4.78, 5) is 27.3. The van der Waals surface area contributed by atoms with E-state index in [1.807, 2.05) is 0 Å². The summed E-state index contributed by atoms with van der Waals surface area (Å²) in [5.74, 6) is -1.60. The number of amides is 1. The first-order chi connectivity index (χ1) is 13.4. The Hall–Kier alpha value is -2.70. The number of ether oxygens (including phenoxy) is 1. The Morgan fingerprint density at radius 2 is 2.07 bits per heavy atom. The van der Waals surface area contributed by atoms with Crippen molar-refractivity contribution in [3.05, 3.63) is 59.1 Å². The molecule has 3 rings (SSSR count). The highest BCUT2D eigenvalue weighted by Gasteiger charge is 2.45. The number of likely N-dealkylation sites (tertiary alicyclic amines) is 1. The largest absolute Gasteiger partial charge is 0.469 e. The lowest BCUT2D eigenvalue weighted by Crippen LogP contribution is -2.51. The quantitative estimate of drug-likeness (QED) is 0.726. The number of nitrogens with zero attached hydrogens (tertiary/aromatic N) is 1. The smallest absolute Gasteiger partial charge is 0.314 e. The van der Waals surface area contributed by atoms with E-state index in [0.29, 0.717) is 30.7 Å². The predicted molar refractivity (Wildman–Crippen MR) is 97.7 cm³/mol. The molecular formula is C21H23F2NO4. The van der Waals surface area contributed by atoms with Crippen LogP contribution in [0.15, 0.2) is 34.9 Å². The van der Waals surface area contributed by atoms with Crippen LogP contribution in [0, 0.1) is 24.0 Å². The van der Waals surface area contributed by atoms with Crippen molar-refractivity contribution < 1.29 is 27.5 Å². The van der Waals surface area contributed by atoms with Crippen LogP contribution in [0.5, 0.6) is 0 Å². The number of halogens is 2. The van der Waals surface area contributed by atoms with E-state index in [-0.39, 0.29) is 31.0 Å². The van der Waals surface area contributed by atoms with E-state index >= 15 is 0 Å². The molecule has 0 saturated carbocycles. The zero-order chi connectivity index (χ0) is 20.3. The van der Waals surface area contributed by atoms with Gasteiger partial charge in [-0.25, -0.2) is 8.78 Å². The Morgan fingerprint density at radius 1 is 1.29 bits per heavy atom. The number of rotatable bonds is 5. The van der Waals surface area contributed by atoms with Crippen LogP contribution < -0.4 is 0 Å². The molecule has 1 fully saturated rings. The molecule has 1 aromatic heterocycles. The molecule has 1 aliphatic heterocycles. The zero-order valence-corrected chi connectivity index (χ0v) is 16.0. The standard InChI is InChI=1S/C21H23F2NO4/c1-3-27-20(26)21(12-15-5-6-16(22)11-18(15)23)8-4-9-24(13-21)19(25)17-7-10-28-14(17)2/h5-7,10-11H,3-4,8-9,12-13H2,1-2H3/t21-/m0/s1. The van der Waals surface area contributed by atoms with Crippen molar-refractivity contribution in [3.63, 3.8) is 0 Å². The van der Waals surface area contributed by atoms with Gasteiger partial charge in [-0.2, -0.15) is 0 Å². The number of hydrogen-bond acceptors (Lipinski definition) is 4. The molecule has 1 aromatic carbocycles. The maximum Gasteiger partial charge on any atom is 0.314 e. The summed E-state index contributed by atoms with van der Waals surface area (Å²) in [7, 11) is 0. The molecule has 1 atom stereocenters. The predicted octanol–water partition coefficient (Wildman–Crippen LogP) is 3.89. The van der Waals surface area contributed by atoms with Crippen LogP contribution >= 0.6 is 0 Å². The van der Waals surface area contributed by atoms with Crippen LogP contribution in [0.3, 0.4) is 0 Å². The van der Waals surface area contributed by atoms with E-state index < -0.39 is 23.0 Å². The van der Waals surface area contributed by atoms with E-state index in [4.69, 9.17) is 9.15 Å². The average Bonchev–Trinajstić information content (AvgIpc) is 3.10. The Labute approximate surface area is 162 Å². The molecule has 0 spiro atoms. The van der Waals surface area contributed by atoms with Gasteiger partial charge in [0.1, 0.15) is 17.4 Å². The molecule has 2 heterocycles. The van der Waals surface area contributed by atoms with Gasteiger partial charge in [0, 0.05) is 19.2 Å². The van der Waals surface area contributed by atoms with Crippen LogP contribution in [-0.2, 0) is 16.0 Å². The number of carbonyl (C=O) groups is 2. The minimum absolute atomic E-state index is 0.0338. The summed E-state index contributed by atoms with van der Waals surface area (Å²) in [6.45, 7) is 4.16. The van der Waals surface area contributed by atoms with Gasteiger partial charge in [-0.05, 0) is 50.8 Å². The second-order valence-corrected chi connectivity index (χ2v) is 7.13. The second-order valence-electron chi connectivity index (χ2n) is 7.13. The van der Waals surface area contributed by atoms with Crippen molar-refractivity contribution in [1.29, 1.82) is 0 Å². The minimum Gasteiger partial charge on any atom is -0.469 e. The normalized spacial score (nSPS) is 19.5. The van der Waals surface area contributed by atoms with Gasteiger partial charge in [-0.15, -0.1) is 0 Å². The first-order valence-electron chi connectivity index (χ1n) is 9.31. The Balaban J connectivity index is 1.91. The number of furan rings is 1. The van der Waals surface area contributed by atoms with Crippen LogP contribution in [0.25, 0.3) is 0 Å². The van der Waals surface area contributed by atoms with E-state index in [1.54, 1.807) is 24.8 Å². The van der Waals surface area contributed by atoms with Gasteiger partial charge < -0.3 is 14.1 Å². The number of aryl methyl sites for hydroxylation is 1. The highest BCUT2D eigenvalue weighted by Crippen LogP contribution is 2.36. The molecule has 0 radical (unpaired) electrons. The van der Waals surface area contributed by atoms with Gasteiger partial charge in [-0.3, -0.25) is 9.59 Å². The molecule has 2 aromatic rings. The Morgan fingerprint density at radius 3 is 2.71 bits per heavy atom. The summed E-state index contributed by atoms with van der Waals surface area (Å²) in [5, 5.41) is 0. The van der Waals surface area contributed by atoms with Crippen LogP contribution in [0.1, 0.15) is 41.4 Å². The van der Waals surface area contributed by atoms with Gasteiger partial charge in [0.25, 0.3) is 5.91 Å². The molecule has 1 saturated heterocycles. The third kappa shape index (κ3) is 3.93. The lowest BCUT2D eigenvalue weighted by atomic mass is 9.74. The maximum atomic E-state index is 14.3. The first kappa shape index (κ1) is 20.0. The molecule has 5 nitrogen and oxygen atoms in total. The molecule has 7 heteroatoms. The van der Waals surface area contributed by atoms with Crippen molar-refractivity contribution in [2.24, 2.45) is 5.41 Å². The van der Waals surface area contributed by atoms with Gasteiger partial charge in [0.2, 0.25) is 0 Å². The van der Waals surface area contributed by atoms with Crippen molar-refractivity contribution >= 4 is 11.9 Å². The molecule has 0 aliphatic carbocycles. The maximum absolute atomic E-state index is 14.3. The van der Waals surface area contributed by atoms with Gasteiger partial charge in [-0.1, -0.05) is 6.07 Å². The van der Waals surface area contributed by atoms with Crippen LogP contribution in [-0.4, -0.2) is 36.5 Å². The summed E-state index contributed by atoms with van der Waals surface area (Å²) < 4.78 is 38.0. The lowest BCUT2D eigenvalue weighted by Gasteiger charge is -2.41. The van der Waals surface area contributed by atoms with E-state index in [9.17, 15) is 18.4 Å². The van der Waals surface area contributed by atoms with Gasteiger partial charge in [0.05, 0.1) is 23.8 Å². The molecular weight excluding hydrogens is 368 g/mol. The molecule has 1 aliphatic rings. The fourth-order valence-electron chi connectivity index (χ4n) is 3.78. The first-order valence-corrected chi connectivity index (χ1v) is 9.31. The van der Waals surface area contributed by atoms with Crippen molar-refractivity contribution in [3.8, 4) is 0 Å². The SMILES string of the molecule is CCOC(=O)[C@]1(Cc2ccc(F)cc2F)CCCN(C(=O)c2ccoc2C)C1. The summed E-state index contributed by atoms with van der Waals surface area (Å²) in [6.07, 6.45) is 2.51. The average molecular weight is 391 g/mol. The Kier molecular flexibility index (Phi) is 5.82. The minimum atomic E-state index is -1.08. The zero-order valence-electron chi connectivity index (χ0n) is 16.0. The molecule has 150 valence electrons. The lowest BCUT2D eigenvalue weighted by molar-refractivity contribution is -0.158. The summed E-state index contributed by atoms with van der Waals surface area (Å²) in [6, 6.07) is 4.90. The molecule has 0 unspecified atom stereocenters. The number of esters is 1. The third-order valence-corrected chi connectivity index (χ3v) is 5.21. The molecule has 28 heavy (non-hydrogen) atoms.